The standard InChI is InChI=1S/C18H28N6O2/c1-18(2,3)16-8-14(20-21-16)10-23-5-6-24-15(11-23)7-13(22-24)9-19-17(25)12-26-4/h7-8H,5-6,9-12H2,1-4H3,(H,19,25)(H,20,21). The maximum absolute atomic E-state index is 11.5. The van der Waals surface area contributed by atoms with E-state index in [1.54, 1.807) is 0 Å². The topological polar surface area (TPSA) is 88.1 Å². The fourth-order valence-electron chi connectivity index (χ4n) is 3.04. The second-order valence-corrected chi connectivity index (χ2v) is 7.80. The van der Waals surface area contributed by atoms with Gasteiger partial charge in [0.15, 0.2) is 0 Å². The first-order chi connectivity index (χ1) is 12.3. The van der Waals surface area contributed by atoms with Crippen molar-refractivity contribution >= 4 is 5.91 Å². The number of aromatic amines is 1. The van der Waals surface area contributed by atoms with Crippen LogP contribution >= 0.6 is 0 Å². The fraction of sp³-hybridized carbons (Fsp3) is 0.611. The van der Waals surface area contributed by atoms with Crippen molar-refractivity contribution in [1.82, 2.24) is 30.2 Å². The van der Waals surface area contributed by atoms with Crippen molar-refractivity contribution < 1.29 is 9.53 Å². The predicted octanol–water partition coefficient (Wildman–Crippen LogP) is 1.18. The van der Waals surface area contributed by atoms with Crippen molar-refractivity contribution in [2.24, 2.45) is 0 Å². The molecule has 0 bridgehead atoms. The number of rotatable bonds is 6. The van der Waals surface area contributed by atoms with Crippen molar-refractivity contribution in [3.63, 3.8) is 0 Å². The Labute approximate surface area is 153 Å². The van der Waals surface area contributed by atoms with Crippen LogP contribution in [0.5, 0.6) is 0 Å². The van der Waals surface area contributed by atoms with Crippen LogP contribution in [-0.2, 0) is 41.1 Å². The lowest BCUT2D eigenvalue weighted by molar-refractivity contribution is -0.124. The first-order valence-corrected chi connectivity index (χ1v) is 8.93. The Balaban J connectivity index is 1.57. The molecule has 0 aliphatic carbocycles. The molecule has 26 heavy (non-hydrogen) atoms. The molecule has 142 valence electrons. The van der Waals surface area contributed by atoms with Gasteiger partial charge in [0.05, 0.1) is 30.2 Å². The third kappa shape index (κ3) is 4.50. The lowest BCUT2D eigenvalue weighted by Gasteiger charge is -2.26. The lowest BCUT2D eigenvalue weighted by Crippen LogP contribution is -2.33. The van der Waals surface area contributed by atoms with E-state index in [-0.39, 0.29) is 17.9 Å². The SMILES string of the molecule is COCC(=O)NCc1cc2n(n1)CCN(Cc1cc(C(C)(C)C)n[nH]1)C2. The van der Waals surface area contributed by atoms with E-state index in [1.165, 1.54) is 12.8 Å². The highest BCUT2D eigenvalue weighted by Gasteiger charge is 2.21. The Hall–Kier alpha value is -2.19. The maximum Gasteiger partial charge on any atom is 0.246 e. The summed E-state index contributed by atoms with van der Waals surface area (Å²) < 4.78 is 6.84. The molecule has 3 rings (SSSR count). The van der Waals surface area contributed by atoms with E-state index < -0.39 is 0 Å². The first kappa shape index (κ1) is 18.6. The van der Waals surface area contributed by atoms with Crippen molar-refractivity contribution in [2.75, 3.05) is 20.3 Å². The zero-order chi connectivity index (χ0) is 18.7. The number of hydrogen-bond donors (Lipinski definition) is 2. The Morgan fingerprint density at radius 2 is 2.15 bits per heavy atom. The second-order valence-electron chi connectivity index (χ2n) is 7.80. The molecule has 0 atom stereocenters. The summed E-state index contributed by atoms with van der Waals surface area (Å²) >= 11 is 0. The number of H-pyrrole nitrogens is 1. The quantitative estimate of drug-likeness (QED) is 0.808. The van der Waals surface area contributed by atoms with Gasteiger partial charge >= 0.3 is 0 Å². The molecule has 2 N–H and O–H groups in total. The van der Waals surface area contributed by atoms with E-state index in [0.29, 0.717) is 6.54 Å². The lowest BCUT2D eigenvalue weighted by atomic mass is 9.92. The van der Waals surface area contributed by atoms with Gasteiger partial charge < -0.3 is 10.1 Å². The molecule has 3 heterocycles. The zero-order valence-corrected chi connectivity index (χ0v) is 16.0. The molecule has 1 aliphatic rings. The third-order valence-electron chi connectivity index (χ3n) is 4.46. The Morgan fingerprint density at radius 3 is 2.85 bits per heavy atom. The van der Waals surface area contributed by atoms with Gasteiger partial charge in [-0.2, -0.15) is 10.2 Å². The van der Waals surface area contributed by atoms with E-state index in [0.717, 1.165) is 43.3 Å². The molecular weight excluding hydrogens is 332 g/mol. The minimum absolute atomic E-state index is 0.0530. The summed E-state index contributed by atoms with van der Waals surface area (Å²) in [5, 5.41) is 15.0. The highest BCUT2D eigenvalue weighted by molar-refractivity contribution is 5.77. The summed E-state index contributed by atoms with van der Waals surface area (Å²) in [5.74, 6) is -0.131. The first-order valence-electron chi connectivity index (χ1n) is 8.93. The molecule has 0 fully saturated rings. The summed E-state index contributed by atoms with van der Waals surface area (Å²) in [6, 6.07) is 4.22. The van der Waals surface area contributed by atoms with Crippen LogP contribution in [0.15, 0.2) is 12.1 Å². The van der Waals surface area contributed by atoms with Crippen molar-refractivity contribution in [2.45, 2.75) is 52.4 Å². The van der Waals surface area contributed by atoms with Crippen LogP contribution < -0.4 is 5.32 Å². The molecule has 2 aromatic rings. The smallest absolute Gasteiger partial charge is 0.246 e. The molecule has 0 unspecified atom stereocenters. The molecule has 0 saturated heterocycles. The summed E-state index contributed by atoms with van der Waals surface area (Å²) in [7, 11) is 1.51. The number of hydrogen-bond acceptors (Lipinski definition) is 5. The monoisotopic (exact) mass is 360 g/mol. The zero-order valence-electron chi connectivity index (χ0n) is 16.0. The minimum Gasteiger partial charge on any atom is -0.375 e. The number of amides is 1. The van der Waals surface area contributed by atoms with Crippen LogP contribution in [-0.4, -0.2) is 51.0 Å². The van der Waals surface area contributed by atoms with Crippen LogP contribution in [0.2, 0.25) is 0 Å². The molecule has 0 radical (unpaired) electrons. The number of aromatic nitrogens is 4. The Morgan fingerprint density at radius 1 is 1.35 bits per heavy atom. The van der Waals surface area contributed by atoms with E-state index in [9.17, 15) is 4.79 Å². The molecule has 0 aromatic carbocycles. The number of ether oxygens (including phenoxy) is 1. The normalized spacial score (nSPS) is 15.1. The molecule has 2 aromatic heterocycles. The number of fused-ring (bicyclic) bond motifs is 1. The van der Waals surface area contributed by atoms with Crippen LogP contribution in [0, 0.1) is 0 Å². The van der Waals surface area contributed by atoms with E-state index >= 15 is 0 Å². The van der Waals surface area contributed by atoms with E-state index in [4.69, 9.17) is 4.74 Å². The molecule has 8 heteroatoms. The summed E-state index contributed by atoms with van der Waals surface area (Å²) in [6.07, 6.45) is 0. The highest BCUT2D eigenvalue weighted by atomic mass is 16.5. The van der Waals surface area contributed by atoms with Crippen molar-refractivity contribution in [1.29, 1.82) is 0 Å². The largest absolute Gasteiger partial charge is 0.375 e. The van der Waals surface area contributed by atoms with Crippen LogP contribution in [0.4, 0.5) is 0 Å². The second kappa shape index (κ2) is 7.59. The number of nitrogens with zero attached hydrogens (tertiary/aromatic N) is 4. The number of methoxy groups -OCH3 is 1. The van der Waals surface area contributed by atoms with E-state index in [2.05, 4.69) is 58.4 Å². The molecule has 0 saturated carbocycles. The van der Waals surface area contributed by atoms with Gasteiger partial charge in [-0.3, -0.25) is 19.5 Å². The fourth-order valence-corrected chi connectivity index (χ4v) is 3.04. The van der Waals surface area contributed by atoms with E-state index in [1.807, 2.05) is 4.68 Å². The molecule has 1 amide bonds. The van der Waals surface area contributed by atoms with Crippen molar-refractivity contribution in [3.05, 3.63) is 34.9 Å². The Bertz CT molecular complexity index is 758. The average molecular weight is 360 g/mol. The van der Waals surface area contributed by atoms with Crippen LogP contribution in [0.25, 0.3) is 0 Å². The number of nitrogens with one attached hydrogen (secondary N) is 2. The van der Waals surface area contributed by atoms with Gasteiger partial charge in [0.25, 0.3) is 0 Å². The number of carbonyl (C=O) groups excluding carboxylic acids is 1. The van der Waals surface area contributed by atoms with Gasteiger partial charge in [0, 0.05) is 37.9 Å². The average Bonchev–Trinajstić information content (AvgIpc) is 3.19. The number of carbonyl (C=O) groups is 1. The molecule has 1 aliphatic heterocycles. The molecular formula is C18H28N6O2. The van der Waals surface area contributed by atoms with Gasteiger partial charge in [-0.25, -0.2) is 0 Å². The highest BCUT2D eigenvalue weighted by Crippen LogP contribution is 2.22. The Kier molecular flexibility index (Phi) is 5.43. The van der Waals surface area contributed by atoms with Crippen LogP contribution in [0.1, 0.15) is 43.5 Å². The summed E-state index contributed by atoms with van der Waals surface area (Å²) in [4.78, 5) is 13.9. The predicted molar refractivity (Wildman–Crippen MR) is 97.4 cm³/mol. The van der Waals surface area contributed by atoms with Gasteiger partial charge in [-0.1, -0.05) is 20.8 Å². The van der Waals surface area contributed by atoms with Crippen LogP contribution in [0.3, 0.4) is 0 Å². The maximum atomic E-state index is 11.5. The van der Waals surface area contributed by atoms with Gasteiger partial charge in [-0.05, 0) is 12.1 Å². The summed E-state index contributed by atoms with van der Waals surface area (Å²) in [5.41, 5.74) is 4.32. The van der Waals surface area contributed by atoms with Gasteiger partial charge in [-0.15, -0.1) is 0 Å². The van der Waals surface area contributed by atoms with Gasteiger partial charge in [0.1, 0.15) is 6.61 Å². The third-order valence-corrected chi connectivity index (χ3v) is 4.46. The van der Waals surface area contributed by atoms with Crippen molar-refractivity contribution in [3.8, 4) is 0 Å². The molecule has 0 spiro atoms. The molecule has 8 nitrogen and oxygen atoms in total. The van der Waals surface area contributed by atoms with Gasteiger partial charge in [0.2, 0.25) is 5.91 Å². The minimum atomic E-state index is -0.131. The summed E-state index contributed by atoms with van der Waals surface area (Å²) in [6.45, 7) is 10.5.